The molecule has 0 fully saturated rings. The lowest BCUT2D eigenvalue weighted by atomic mass is 10.2. The van der Waals surface area contributed by atoms with E-state index < -0.39 is 5.76 Å². The van der Waals surface area contributed by atoms with Crippen molar-refractivity contribution in [3.8, 4) is 11.4 Å². The number of H-pyrrole nitrogens is 1. The molecule has 1 aromatic heterocycles. The maximum absolute atomic E-state index is 10.6. The molecule has 59 valence electrons. The van der Waals surface area contributed by atoms with Crippen LogP contribution in [0, 0.1) is 6.07 Å². The first-order valence-corrected chi connectivity index (χ1v) is 3.39. The van der Waals surface area contributed by atoms with Gasteiger partial charge in [-0.15, -0.1) is 0 Å². The summed E-state index contributed by atoms with van der Waals surface area (Å²) in [6.07, 6.45) is 0. The molecular formula is C8H5N2O2. The monoisotopic (exact) mass is 161 g/mol. The smallest absolute Gasteiger partial charge is 0.296 e. The van der Waals surface area contributed by atoms with Crippen molar-refractivity contribution < 1.29 is 4.52 Å². The van der Waals surface area contributed by atoms with Crippen LogP contribution in [0.5, 0.6) is 0 Å². The Labute approximate surface area is 67.8 Å². The summed E-state index contributed by atoms with van der Waals surface area (Å²) in [5.41, 5.74) is 0.805. The van der Waals surface area contributed by atoms with Crippen molar-refractivity contribution in [3.63, 3.8) is 0 Å². The number of aromatic nitrogens is 2. The molecule has 12 heavy (non-hydrogen) atoms. The fourth-order valence-electron chi connectivity index (χ4n) is 0.899. The van der Waals surface area contributed by atoms with Crippen LogP contribution < -0.4 is 5.76 Å². The minimum Gasteiger partial charge on any atom is -0.296 e. The van der Waals surface area contributed by atoms with Crippen molar-refractivity contribution in [1.29, 1.82) is 0 Å². The Kier molecular flexibility index (Phi) is 1.51. The van der Waals surface area contributed by atoms with Gasteiger partial charge in [0.15, 0.2) is 5.82 Å². The fourth-order valence-corrected chi connectivity index (χ4v) is 0.899. The summed E-state index contributed by atoms with van der Waals surface area (Å²) in [4.78, 5) is 13.0. The van der Waals surface area contributed by atoms with Crippen molar-refractivity contribution in [2.45, 2.75) is 0 Å². The second-order valence-corrected chi connectivity index (χ2v) is 2.23. The molecule has 0 bridgehead atoms. The predicted molar refractivity (Wildman–Crippen MR) is 41.4 cm³/mol. The molecule has 0 aliphatic rings. The molecule has 1 radical (unpaired) electrons. The molecule has 1 heterocycles. The lowest BCUT2D eigenvalue weighted by Gasteiger charge is -1.89. The van der Waals surface area contributed by atoms with E-state index in [4.69, 9.17) is 0 Å². The summed E-state index contributed by atoms with van der Waals surface area (Å²) in [5, 5.41) is 3.53. The largest absolute Gasteiger partial charge is 0.439 e. The normalized spacial score (nSPS) is 10.0. The van der Waals surface area contributed by atoms with E-state index in [9.17, 15) is 4.79 Å². The van der Waals surface area contributed by atoms with E-state index in [0.717, 1.165) is 5.56 Å². The summed E-state index contributed by atoms with van der Waals surface area (Å²) in [6, 6.07) is 9.91. The highest BCUT2D eigenvalue weighted by Crippen LogP contribution is 2.10. The Morgan fingerprint density at radius 3 is 2.75 bits per heavy atom. The number of nitrogens with zero attached hydrogens (tertiary/aromatic N) is 1. The van der Waals surface area contributed by atoms with Crippen molar-refractivity contribution in [3.05, 3.63) is 40.9 Å². The summed E-state index contributed by atoms with van der Waals surface area (Å²) in [6.45, 7) is 0. The van der Waals surface area contributed by atoms with Crippen LogP contribution in [0.4, 0.5) is 0 Å². The number of hydrogen-bond acceptors (Lipinski definition) is 3. The van der Waals surface area contributed by atoms with Gasteiger partial charge in [0.05, 0.1) is 0 Å². The highest BCUT2D eigenvalue weighted by atomic mass is 16.5. The number of benzene rings is 1. The summed E-state index contributed by atoms with van der Waals surface area (Å²) in [7, 11) is 0. The van der Waals surface area contributed by atoms with Gasteiger partial charge in [0, 0.05) is 5.56 Å². The molecule has 0 amide bonds. The van der Waals surface area contributed by atoms with E-state index in [1.54, 1.807) is 24.3 Å². The second-order valence-electron chi connectivity index (χ2n) is 2.23. The molecule has 4 nitrogen and oxygen atoms in total. The molecule has 1 N–H and O–H groups in total. The van der Waals surface area contributed by atoms with E-state index in [1.807, 2.05) is 0 Å². The molecule has 0 spiro atoms. The minimum atomic E-state index is -0.544. The third-order valence-electron chi connectivity index (χ3n) is 1.43. The van der Waals surface area contributed by atoms with Gasteiger partial charge in [-0.1, -0.05) is 29.4 Å². The standard InChI is InChI=1S/C8H5N2O2/c11-8-9-7(10-12-8)6-4-2-1-3-5-6/h2-5H,(H,9,10,11). The van der Waals surface area contributed by atoms with Crippen molar-refractivity contribution >= 4 is 0 Å². The highest BCUT2D eigenvalue weighted by Gasteiger charge is 2.01. The maximum atomic E-state index is 10.6. The third-order valence-corrected chi connectivity index (χ3v) is 1.43. The Bertz CT molecular complexity index is 416. The molecule has 4 heteroatoms. The zero-order chi connectivity index (χ0) is 8.39. The zero-order valence-corrected chi connectivity index (χ0v) is 6.07. The minimum absolute atomic E-state index is 0.439. The van der Waals surface area contributed by atoms with Crippen molar-refractivity contribution in [2.24, 2.45) is 0 Å². The third kappa shape index (κ3) is 1.14. The molecule has 1 aromatic carbocycles. The van der Waals surface area contributed by atoms with E-state index in [2.05, 4.69) is 20.7 Å². The molecule has 0 aliphatic heterocycles. The molecule has 2 aromatic rings. The Hall–Kier alpha value is -1.84. The lowest BCUT2D eigenvalue weighted by Crippen LogP contribution is -1.94. The van der Waals surface area contributed by atoms with Gasteiger partial charge in [0.1, 0.15) is 0 Å². The van der Waals surface area contributed by atoms with Crippen LogP contribution >= 0.6 is 0 Å². The number of rotatable bonds is 1. The van der Waals surface area contributed by atoms with Gasteiger partial charge in [0.2, 0.25) is 0 Å². The van der Waals surface area contributed by atoms with Gasteiger partial charge in [-0.2, -0.15) is 0 Å². The van der Waals surface area contributed by atoms with Gasteiger partial charge in [-0.3, -0.25) is 9.51 Å². The van der Waals surface area contributed by atoms with Crippen molar-refractivity contribution in [1.82, 2.24) is 10.1 Å². The Morgan fingerprint density at radius 1 is 1.42 bits per heavy atom. The van der Waals surface area contributed by atoms with Crippen LogP contribution in [0.25, 0.3) is 11.4 Å². The van der Waals surface area contributed by atoms with Gasteiger partial charge in [0.25, 0.3) is 0 Å². The quantitative estimate of drug-likeness (QED) is 0.673. The molecule has 0 unspecified atom stereocenters. The van der Waals surface area contributed by atoms with Crippen LogP contribution in [-0.2, 0) is 0 Å². The van der Waals surface area contributed by atoms with Crippen LogP contribution in [0.2, 0.25) is 0 Å². The summed E-state index contributed by atoms with van der Waals surface area (Å²) < 4.78 is 4.35. The Balaban J connectivity index is 2.51. The molecule has 0 saturated carbocycles. The molecular weight excluding hydrogens is 156 g/mol. The topological polar surface area (TPSA) is 58.9 Å². The van der Waals surface area contributed by atoms with Crippen LogP contribution in [0.15, 0.2) is 33.6 Å². The van der Waals surface area contributed by atoms with E-state index in [-0.39, 0.29) is 0 Å². The van der Waals surface area contributed by atoms with Crippen LogP contribution in [0.3, 0.4) is 0 Å². The van der Waals surface area contributed by atoms with Gasteiger partial charge >= 0.3 is 5.76 Å². The molecule has 2 rings (SSSR count). The zero-order valence-electron chi connectivity index (χ0n) is 6.07. The van der Waals surface area contributed by atoms with E-state index in [1.165, 1.54) is 0 Å². The maximum Gasteiger partial charge on any atom is 0.439 e. The number of aromatic amines is 1. The van der Waals surface area contributed by atoms with Crippen LogP contribution in [-0.4, -0.2) is 10.1 Å². The van der Waals surface area contributed by atoms with Gasteiger partial charge in [-0.25, -0.2) is 4.79 Å². The first-order valence-electron chi connectivity index (χ1n) is 3.39. The van der Waals surface area contributed by atoms with Gasteiger partial charge < -0.3 is 0 Å². The Morgan fingerprint density at radius 2 is 2.17 bits per heavy atom. The van der Waals surface area contributed by atoms with E-state index in [0.29, 0.717) is 5.82 Å². The van der Waals surface area contributed by atoms with Crippen molar-refractivity contribution in [2.75, 3.05) is 0 Å². The van der Waals surface area contributed by atoms with Crippen LogP contribution in [0.1, 0.15) is 0 Å². The second kappa shape index (κ2) is 2.65. The summed E-state index contributed by atoms with van der Waals surface area (Å²) in [5.74, 6) is -0.105. The molecule has 0 saturated heterocycles. The first-order chi connectivity index (χ1) is 5.86. The fraction of sp³-hybridized carbons (Fsp3) is 0. The first kappa shape index (κ1) is 6.84. The lowest BCUT2D eigenvalue weighted by molar-refractivity contribution is 0.388. The average molecular weight is 161 g/mol. The number of hydrogen-bond donors (Lipinski definition) is 1. The highest BCUT2D eigenvalue weighted by molar-refractivity contribution is 5.52. The SMILES string of the molecule is O=c1[nH]c(-c2cc[c]cc2)no1. The average Bonchev–Trinajstić information content (AvgIpc) is 2.54. The van der Waals surface area contributed by atoms with E-state index >= 15 is 0 Å². The van der Waals surface area contributed by atoms with Gasteiger partial charge in [-0.05, 0) is 6.07 Å². The summed E-state index contributed by atoms with van der Waals surface area (Å²) >= 11 is 0. The molecule has 0 atom stereocenters. The number of nitrogens with one attached hydrogen (secondary N) is 1. The molecule has 0 aliphatic carbocycles. The predicted octanol–water partition coefficient (Wildman–Crippen LogP) is 0.830.